The number of pyridine rings is 1. The maximum Gasteiger partial charge on any atom is 0.124 e. The lowest BCUT2D eigenvalue weighted by molar-refractivity contribution is 1.29. The van der Waals surface area contributed by atoms with Crippen molar-refractivity contribution in [2.24, 2.45) is 5.73 Å². The minimum absolute atomic E-state index is 0.291. The number of benzene rings is 1. The summed E-state index contributed by atoms with van der Waals surface area (Å²) in [7, 11) is 0. The molecule has 0 saturated heterocycles. The molecule has 0 radical (unpaired) electrons. The largest absolute Gasteiger partial charge is 0.388 e. The van der Waals surface area contributed by atoms with Crippen molar-refractivity contribution in [2.75, 3.05) is 5.32 Å². The van der Waals surface area contributed by atoms with Crippen molar-refractivity contribution in [3.8, 4) is 0 Å². The average molecular weight is 285 g/mol. The molecule has 0 fully saturated rings. The van der Waals surface area contributed by atoms with Gasteiger partial charge in [0.1, 0.15) is 10.7 Å². The highest BCUT2D eigenvalue weighted by Gasteiger charge is 2.06. The predicted molar refractivity (Wildman–Crippen MR) is 85.2 cm³/mol. The number of fused-ring (bicyclic) bond motifs is 1. The molecule has 2 aromatic heterocycles. The molecular weight excluding hydrogens is 274 g/mol. The van der Waals surface area contributed by atoms with Gasteiger partial charge in [-0.3, -0.25) is 4.98 Å². The van der Waals surface area contributed by atoms with Crippen LogP contribution >= 0.6 is 23.6 Å². The quantitative estimate of drug-likeness (QED) is 0.721. The second-order valence-corrected chi connectivity index (χ2v) is 5.45. The van der Waals surface area contributed by atoms with Crippen molar-refractivity contribution < 1.29 is 0 Å². The van der Waals surface area contributed by atoms with E-state index in [1.165, 1.54) is 10.1 Å². The van der Waals surface area contributed by atoms with Crippen molar-refractivity contribution in [1.29, 1.82) is 0 Å². The lowest BCUT2D eigenvalue weighted by Gasteiger charge is -2.10. The van der Waals surface area contributed by atoms with E-state index in [0.29, 0.717) is 10.7 Å². The number of hydrogen-bond acceptors (Lipinski definition) is 4. The fourth-order valence-corrected chi connectivity index (χ4v) is 2.84. The zero-order valence-corrected chi connectivity index (χ0v) is 11.6. The SMILES string of the molecule is NC(=S)c1ncccc1Nc1ccc2sccc2c1. The van der Waals surface area contributed by atoms with Gasteiger partial charge in [0.15, 0.2) is 0 Å². The van der Waals surface area contributed by atoms with Gasteiger partial charge in [0.05, 0.1) is 5.69 Å². The van der Waals surface area contributed by atoms with Crippen LogP contribution in [0, 0.1) is 0 Å². The lowest BCUT2D eigenvalue weighted by atomic mass is 10.2. The minimum atomic E-state index is 0.291. The molecule has 3 aromatic rings. The van der Waals surface area contributed by atoms with E-state index in [-0.39, 0.29) is 0 Å². The summed E-state index contributed by atoms with van der Waals surface area (Å²) in [5.41, 5.74) is 8.11. The molecule has 19 heavy (non-hydrogen) atoms. The van der Waals surface area contributed by atoms with E-state index in [0.717, 1.165) is 11.4 Å². The lowest BCUT2D eigenvalue weighted by Crippen LogP contribution is -2.13. The molecule has 3 nitrogen and oxygen atoms in total. The van der Waals surface area contributed by atoms with Crippen LogP contribution in [0.2, 0.25) is 0 Å². The van der Waals surface area contributed by atoms with Crippen LogP contribution in [0.25, 0.3) is 10.1 Å². The molecule has 0 amide bonds. The molecule has 3 rings (SSSR count). The van der Waals surface area contributed by atoms with Crippen molar-refractivity contribution in [3.63, 3.8) is 0 Å². The molecule has 0 aliphatic heterocycles. The third kappa shape index (κ3) is 2.43. The first-order chi connectivity index (χ1) is 9.24. The van der Waals surface area contributed by atoms with Gasteiger partial charge in [0.25, 0.3) is 0 Å². The maximum absolute atomic E-state index is 5.67. The van der Waals surface area contributed by atoms with Gasteiger partial charge < -0.3 is 11.1 Å². The fourth-order valence-electron chi connectivity index (χ4n) is 1.90. The summed E-state index contributed by atoms with van der Waals surface area (Å²) in [5, 5.41) is 6.61. The highest BCUT2D eigenvalue weighted by atomic mass is 32.1. The molecule has 0 bridgehead atoms. The second kappa shape index (κ2) is 4.95. The smallest absolute Gasteiger partial charge is 0.124 e. The van der Waals surface area contributed by atoms with Gasteiger partial charge in [-0.2, -0.15) is 0 Å². The Kier molecular flexibility index (Phi) is 3.15. The summed E-state index contributed by atoms with van der Waals surface area (Å²) in [5.74, 6) is 0. The van der Waals surface area contributed by atoms with E-state index < -0.39 is 0 Å². The van der Waals surface area contributed by atoms with E-state index >= 15 is 0 Å². The van der Waals surface area contributed by atoms with Gasteiger partial charge in [-0.15, -0.1) is 11.3 Å². The highest BCUT2D eigenvalue weighted by Crippen LogP contribution is 2.26. The summed E-state index contributed by atoms with van der Waals surface area (Å²) in [6.45, 7) is 0. The molecule has 5 heteroatoms. The molecular formula is C14H11N3S2. The Bertz CT molecular complexity index is 749. The number of rotatable bonds is 3. The summed E-state index contributed by atoms with van der Waals surface area (Å²) in [4.78, 5) is 4.49. The van der Waals surface area contributed by atoms with Crippen molar-refractivity contribution in [3.05, 3.63) is 53.7 Å². The number of nitrogens with one attached hydrogen (secondary N) is 1. The summed E-state index contributed by atoms with van der Waals surface area (Å²) >= 11 is 6.74. The molecule has 0 atom stereocenters. The van der Waals surface area contributed by atoms with Gasteiger partial charge in [0.2, 0.25) is 0 Å². The number of aromatic nitrogens is 1. The molecule has 2 heterocycles. The Morgan fingerprint density at radius 2 is 2.16 bits per heavy atom. The van der Waals surface area contributed by atoms with Crippen LogP contribution in [0.15, 0.2) is 48.0 Å². The summed E-state index contributed by atoms with van der Waals surface area (Å²) < 4.78 is 1.27. The van der Waals surface area contributed by atoms with Crippen LogP contribution in [-0.4, -0.2) is 9.97 Å². The van der Waals surface area contributed by atoms with E-state index in [9.17, 15) is 0 Å². The molecule has 0 saturated carbocycles. The monoisotopic (exact) mass is 285 g/mol. The summed E-state index contributed by atoms with van der Waals surface area (Å²) in [6, 6.07) is 12.1. The highest BCUT2D eigenvalue weighted by molar-refractivity contribution is 7.80. The number of nitrogens with two attached hydrogens (primary N) is 1. The number of nitrogens with zero attached hydrogens (tertiary/aromatic N) is 1. The topological polar surface area (TPSA) is 50.9 Å². The van der Waals surface area contributed by atoms with E-state index in [4.69, 9.17) is 18.0 Å². The van der Waals surface area contributed by atoms with Crippen LogP contribution in [0.5, 0.6) is 0 Å². The van der Waals surface area contributed by atoms with Crippen LogP contribution in [0.4, 0.5) is 11.4 Å². The number of anilines is 2. The molecule has 3 N–H and O–H groups in total. The Balaban J connectivity index is 1.98. The van der Waals surface area contributed by atoms with Crippen LogP contribution in [-0.2, 0) is 0 Å². The fraction of sp³-hybridized carbons (Fsp3) is 0. The zero-order chi connectivity index (χ0) is 13.2. The number of thiophene rings is 1. The average Bonchev–Trinajstić information content (AvgIpc) is 2.86. The molecule has 0 spiro atoms. The molecule has 1 aromatic carbocycles. The van der Waals surface area contributed by atoms with Crippen LogP contribution in [0.1, 0.15) is 5.69 Å². The third-order valence-electron chi connectivity index (χ3n) is 2.77. The van der Waals surface area contributed by atoms with E-state index in [1.807, 2.05) is 18.2 Å². The standard InChI is InChI=1S/C14H11N3S2/c15-14(18)13-11(2-1-6-16-13)17-10-3-4-12-9(8-10)5-7-19-12/h1-8,17H,(H2,15,18). The van der Waals surface area contributed by atoms with Crippen LogP contribution in [0.3, 0.4) is 0 Å². The zero-order valence-electron chi connectivity index (χ0n) is 9.96. The van der Waals surface area contributed by atoms with Crippen LogP contribution < -0.4 is 11.1 Å². The normalized spacial score (nSPS) is 10.5. The first kappa shape index (κ1) is 12.1. The Hall–Kier alpha value is -1.98. The molecule has 0 aliphatic carbocycles. The molecule has 94 valence electrons. The Labute approximate surface area is 120 Å². The van der Waals surface area contributed by atoms with Gasteiger partial charge >= 0.3 is 0 Å². The predicted octanol–water partition coefficient (Wildman–Crippen LogP) is 3.67. The van der Waals surface area contributed by atoms with Gasteiger partial charge in [-0.05, 0) is 47.2 Å². The Morgan fingerprint density at radius 3 is 3.00 bits per heavy atom. The first-order valence-corrected chi connectivity index (χ1v) is 7.02. The first-order valence-electron chi connectivity index (χ1n) is 5.73. The second-order valence-electron chi connectivity index (χ2n) is 4.06. The van der Waals surface area contributed by atoms with E-state index in [1.54, 1.807) is 17.5 Å². The maximum atomic E-state index is 5.67. The van der Waals surface area contributed by atoms with Crippen molar-refractivity contribution >= 4 is 50.0 Å². The minimum Gasteiger partial charge on any atom is -0.388 e. The number of thiocarbonyl (C=S) groups is 1. The van der Waals surface area contributed by atoms with E-state index in [2.05, 4.69) is 33.9 Å². The van der Waals surface area contributed by atoms with Crippen molar-refractivity contribution in [2.45, 2.75) is 0 Å². The Morgan fingerprint density at radius 1 is 1.26 bits per heavy atom. The summed E-state index contributed by atoms with van der Waals surface area (Å²) in [6.07, 6.45) is 1.68. The molecule has 0 aliphatic rings. The van der Waals surface area contributed by atoms with Gasteiger partial charge in [-0.1, -0.05) is 12.2 Å². The van der Waals surface area contributed by atoms with Crippen molar-refractivity contribution in [1.82, 2.24) is 4.98 Å². The third-order valence-corrected chi connectivity index (χ3v) is 3.86. The number of hydrogen-bond donors (Lipinski definition) is 2. The molecule has 0 unspecified atom stereocenters. The van der Waals surface area contributed by atoms with Gasteiger partial charge in [-0.25, -0.2) is 0 Å². The van der Waals surface area contributed by atoms with Gasteiger partial charge in [0, 0.05) is 16.6 Å².